The topological polar surface area (TPSA) is 85.4 Å². The number of amides is 1. The molecule has 0 radical (unpaired) electrons. The van der Waals surface area contributed by atoms with Crippen molar-refractivity contribution in [3.8, 4) is 17.4 Å². The summed E-state index contributed by atoms with van der Waals surface area (Å²) in [6.45, 7) is 6.80. The van der Waals surface area contributed by atoms with Crippen LogP contribution in [0.5, 0.6) is 17.4 Å². The van der Waals surface area contributed by atoms with E-state index in [2.05, 4.69) is 27.2 Å². The molecular weight excluding hydrogens is 320 g/mol. The van der Waals surface area contributed by atoms with E-state index in [1.54, 1.807) is 30.3 Å². The molecule has 1 amide bonds. The smallest absolute Gasteiger partial charge is 0.268 e. The molecule has 1 aromatic carbocycles. The Hall–Kier alpha value is -3.09. The SMILES string of the molecule is C=CCC(C)NC(=O)c1cccc(Oc2ncnc3c2OCCN3)c1. The summed E-state index contributed by atoms with van der Waals surface area (Å²) >= 11 is 0. The van der Waals surface area contributed by atoms with Gasteiger partial charge in [-0.2, -0.15) is 4.98 Å². The maximum absolute atomic E-state index is 12.3. The normalized spacial score (nSPS) is 13.6. The number of hydrogen-bond acceptors (Lipinski definition) is 6. The number of aromatic nitrogens is 2. The molecule has 0 fully saturated rings. The van der Waals surface area contributed by atoms with Gasteiger partial charge in [-0.1, -0.05) is 12.1 Å². The molecule has 3 rings (SSSR count). The molecule has 0 spiro atoms. The number of carbonyl (C=O) groups is 1. The molecule has 1 aliphatic rings. The molecule has 25 heavy (non-hydrogen) atoms. The third kappa shape index (κ3) is 4.06. The molecule has 2 heterocycles. The Morgan fingerprint density at radius 3 is 3.24 bits per heavy atom. The third-order valence-electron chi connectivity index (χ3n) is 3.62. The van der Waals surface area contributed by atoms with E-state index in [-0.39, 0.29) is 11.9 Å². The second-order valence-corrected chi connectivity index (χ2v) is 5.66. The average Bonchev–Trinajstić information content (AvgIpc) is 2.62. The Morgan fingerprint density at radius 1 is 1.52 bits per heavy atom. The lowest BCUT2D eigenvalue weighted by Gasteiger charge is -2.19. The van der Waals surface area contributed by atoms with E-state index in [1.165, 1.54) is 6.33 Å². The van der Waals surface area contributed by atoms with E-state index in [9.17, 15) is 4.79 Å². The number of hydrogen-bond donors (Lipinski definition) is 2. The van der Waals surface area contributed by atoms with Crippen molar-refractivity contribution in [1.82, 2.24) is 15.3 Å². The Labute approximate surface area is 146 Å². The van der Waals surface area contributed by atoms with Crippen molar-refractivity contribution in [3.05, 3.63) is 48.8 Å². The van der Waals surface area contributed by atoms with E-state index in [0.717, 1.165) is 0 Å². The van der Waals surface area contributed by atoms with Crippen molar-refractivity contribution in [2.45, 2.75) is 19.4 Å². The maximum Gasteiger partial charge on any atom is 0.268 e. The zero-order valence-electron chi connectivity index (χ0n) is 14.0. The summed E-state index contributed by atoms with van der Waals surface area (Å²) in [5.74, 6) is 1.72. The third-order valence-corrected chi connectivity index (χ3v) is 3.62. The van der Waals surface area contributed by atoms with Crippen LogP contribution in [0.15, 0.2) is 43.2 Å². The molecule has 0 saturated carbocycles. The van der Waals surface area contributed by atoms with Crippen molar-refractivity contribution in [1.29, 1.82) is 0 Å². The fourth-order valence-electron chi connectivity index (χ4n) is 2.44. The number of rotatable bonds is 6. The number of fused-ring (bicyclic) bond motifs is 1. The lowest BCUT2D eigenvalue weighted by Crippen LogP contribution is -2.32. The minimum absolute atomic E-state index is 0.0166. The van der Waals surface area contributed by atoms with Crippen LogP contribution >= 0.6 is 0 Å². The van der Waals surface area contributed by atoms with E-state index >= 15 is 0 Å². The molecule has 1 aliphatic heterocycles. The van der Waals surface area contributed by atoms with Crippen LogP contribution in [0, 0.1) is 0 Å². The van der Waals surface area contributed by atoms with Crippen molar-refractivity contribution >= 4 is 11.7 Å². The van der Waals surface area contributed by atoms with Gasteiger partial charge in [-0.3, -0.25) is 4.79 Å². The van der Waals surface area contributed by atoms with Crippen molar-refractivity contribution in [3.63, 3.8) is 0 Å². The van der Waals surface area contributed by atoms with Crippen LogP contribution in [-0.2, 0) is 0 Å². The number of anilines is 1. The average molecular weight is 340 g/mol. The highest BCUT2D eigenvalue weighted by Crippen LogP contribution is 2.35. The van der Waals surface area contributed by atoms with Gasteiger partial charge >= 0.3 is 0 Å². The Morgan fingerprint density at radius 2 is 2.40 bits per heavy atom. The van der Waals surface area contributed by atoms with Gasteiger partial charge in [-0.05, 0) is 31.5 Å². The Bertz CT molecular complexity index is 779. The number of carbonyl (C=O) groups excluding carboxylic acids is 1. The van der Waals surface area contributed by atoms with Gasteiger partial charge in [0.15, 0.2) is 5.82 Å². The molecule has 2 N–H and O–H groups in total. The molecule has 1 atom stereocenters. The second kappa shape index (κ2) is 7.65. The lowest BCUT2D eigenvalue weighted by molar-refractivity contribution is 0.0940. The Kier molecular flexibility index (Phi) is 5.13. The number of ether oxygens (including phenoxy) is 2. The van der Waals surface area contributed by atoms with Crippen LogP contribution in [0.25, 0.3) is 0 Å². The van der Waals surface area contributed by atoms with E-state index in [4.69, 9.17) is 9.47 Å². The summed E-state index contributed by atoms with van der Waals surface area (Å²) in [4.78, 5) is 20.5. The molecule has 1 unspecified atom stereocenters. The highest BCUT2D eigenvalue weighted by molar-refractivity contribution is 5.94. The fraction of sp³-hybridized carbons (Fsp3) is 0.278. The van der Waals surface area contributed by atoms with E-state index in [1.807, 2.05) is 6.92 Å². The van der Waals surface area contributed by atoms with Gasteiger partial charge in [0.2, 0.25) is 5.75 Å². The summed E-state index contributed by atoms with van der Waals surface area (Å²) in [5, 5.41) is 6.04. The van der Waals surface area contributed by atoms with Gasteiger partial charge < -0.3 is 20.1 Å². The van der Waals surface area contributed by atoms with E-state index in [0.29, 0.717) is 48.3 Å². The predicted molar refractivity (Wildman–Crippen MR) is 94.3 cm³/mol. The first kappa shape index (κ1) is 16.8. The first-order chi connectivity index (χ1) is 12.2. The highest BCUT2D eigenvalue weighted by atomic mass is 16.5. The predicted octanol–water partition coefficient (Wildman–Crippen LogP) is 2.77. The number of benzene rings is 1. The van der Waals surface area contributed by atoms with Gasteiger partial charge in [0, 0.05) is 11.6 Å². The summed E-state index contributed by atoms with van der Waals surface area (Å²) in [6, 6.07) is 6.93. The summed E-state index contributed by atoms with van der Waals surface area (Å²) in [5.41, 5.74) is 0.510. The summed E-state index contributed by atoms with van der Waals surface area (Å²) < 4.78 is 11.4. The van der Waals surface area contributed by atoms with Crippen LogP contribution < -0.4 is 20.1 Å². The summed E-state index contributed by atoms with van der Waals surface area (Å²) in [6.07, 6.45) is 3.89. The van der Waals surface area contributed by atoms with Crippen LogP contribution in [0.3, 0.4) is 0 Å². The number of nitrogens with one attached hydrogen (secondary N) is 2. The molecule has 1 aromatic heterocycles. The van der Waals surface area contributed by atoms with Crippen LogP contribution in [-0.4, -0.2) is 35.1 Å². The first-order valence-electron chi connectivity index (χ1n) is 8.08. The number of nitrogens with zero attached hydrogens (tertiary/aromatic N) is 2. The van der Waals surface area contributed by atoms with Gasteiger partial charge in [-0.15, -0.1) is 6.58 Å². The lowest BCUT2D eigenvalue weighted by atomic mass is 10.1. The highest BCUT2D eigenvalue weighted by Gasteiger charge is 2.19. The molecule has 0 saturated heterocycles. The van der Waals surface area contributed by atoms with E-state index < -0.39 is 0 Å². The van der Waals surface area contributed by atoms with Gasteiger partial charge in [0.1, 0.15) is 18.7 Å². The Balaban J connectivity index is 1.76. The minimum Gasteiger partial charge on any atom is -0.483 e. The van der Waals surface area contributed by atoms with Crippen LogP contribution in [0.2, 0.25) is 0 Å². The zero-order chi connectivity index (χ0) is 17.6. The van der Waals surface area contributed by atoms with Gasteiger partial charge in [0.05, 0.1) is 6.54 Å². The molecular formula is C18H20N4O3. The standard InChI is InChI=1S/C18H20N4O3/c1-3-5-12(2)22-17(23)13-6-4-7-14(10-13)25-18-15-16(20-11-21-18)19-8-9-24-15/h3-4,6-7,10-12H,1,5,8-9H2,2H3,(H,22,23)(H,19,20,21). The second-order valence-electron chi connectivity index (χ2n) is 5.66. The van der Waals surface area contributed by atoms with Crippen molar-refractivity contribution in [2.75, 3.05) is 18.5 Å². The molecule has 2 aromatic rings. The largest absolute Gasteiger partial charge is 0.483 e. The zero-order valence-corrected chi connectivity index (χ0v) is 14.0. The van der Waals surface area contributed by atoms with Gasteiger partial charge in [-0.25, -0.2) is 4.98 Å². The maximum atomic E-state index is 12.3. The molecule has 0 bridgehead atoms. The van der Waals surface area contributed by atoms with Gasteiger partial charge in [0.25, 0.3) is 11.8 Å². The minimum atomic E-state index is -0.164. The van der Waals surface area contributed by atoms with Crippen LogP contribution in [0.1, 0.15) is 23.7 Å². The summed E-state index contributed by atoms with van der Waals surface area (Å²) in [7, 11) is 0. The van der Waals surface area contributed by atoms with Crippen molar-refractivity contribution < 1.29 is 14.3 Å². The van der Waals surface area contributed by atoms with Crippen molar-refractivity contribution in [2.24, 2.45) is 0 Å². The molecule has 7 nitrogen and oxygen atoms in total. The molecule has 7 heteroatoms. The quantitative estimate of drug-likeness (QED) is 0.787. The first-order valence-corrected chi connectivity index (χ1v) is 8.08. The molecule has 0 aliphatic carbocycles. The molecule has 130 valence electrons. The fourth-order valence-corrected chi connectivity index (χ4v) is 2.44. The van der Waals surface area contributed by atoms with Crippen LogP contribution in [0.4, 0.5) is 5.82 Å². The monoisotopic (exact) mass is 340 g/mol.